The zero-order valence-corrected chi connectivity index (χ0v) is 13.1. The van der Waals surface area contributed by atoms with Crippen LogP contribution in [0.5, 0.6) is 0 Å². The van der Waals surface area contributed by atoms with Crippen molar-refractivity contribution < 1.29 is 4.39 Å². The van der Waals surface area contributed by atoms with Crippen LogP contribution in [0.2, 0.25) is 5.02 Å². The van der Waals surface area contributed by atoms with Crippen LogP contribution in [0.4, 0.5) is 4.39 Å². The van der Waals surface area contributed by atoms with Gasteiger partial charge in [0.25, 0.3) is 0 Å². The van der Waals surface area contributed by atoms with Crippen LogP contribution in [0.25, 0.3) is 0 Å². The molecule has 0 aliphatic carbocycles. The van der Waals surface area contributed by atoms with E-state index in [1.54, 1.807) is 6.07 Å². The number of hydrogen-bond donors (Lipinski definition) is 1. The lowest BCUT2D eigenvalue weighted by molar-refractivity contribution is 0.189. The quantitative estimate of drug-likeness (QED) is 0.909. The fraction of sp³-hybridized carbons (Fsp3) is 0.625. The van der Waals surface area contributed by atoms with Gasteiger partial charge in [-0.3, -0.25) is 4.90 Å². The van der Waals surface area contributed by atoms with Crippen LogP contribution in [0.3, 0.4) is 0 Å². The number of halogens is 2. The summed E-state index contributed by atoms with van der Waals surface area (Å²) in [5.41, 5.74) is 0.853. The van der Waals surface area contributed by atoms with Crippen molar-refractivity contribution in [3.05, 3.63) is 34.6 Å². The maximum Gasteiger partial charge on any atom is 0.146 e. The fourth-order valence-electron chi connectivity index (χ4n) is 2.99. The Kier molecular flexibility index (Phi) is 5.42. The van der Waals surface area contributed by atoms with E-state index in [2.05, 4.69) is 24.1 Å². The van der Waals surface area contributed by atoms with E-state index >= 15 is 0 Å². The molecular weight excluding hydrogens is 275 g/mol. The molecule has 0 spiro atoms. The molecule has 1 aromatic rings. The third-order valence-electron chi connectivity index (χ3n) is 4.46. The summed E-state index contributed by atoms with van der Waals surface area (Å²) in [4.78, 5) is 2.35. The Hall–Kier alpha value is -0.640. The predicted molar refractivity (Wildman–Crippen MR) is 82.6 cm³/mol. The van der Waals surface area contributed by atoms with Crippen molar-refractivity contribution in [3.8, 4) is 0 Å². The van der Waals surface area contributed by atoms with Gasteiger partial charge in [-0.15, -0.1) is 0 Å². The summed E-state index contributed by atoms with van der Waals surface area (Å²) in [6, 6.07) is 5.26. The second kappa shape index (κ2) is 6.88. The molecule has 1 aromatic carbocycles. The summed E-state index contributed by atoms with van der Waals surface area (Å²) in [7, 11) is 0. The van der Waals surface area contributed by atoms with Crippen LogP contribution in [0, 0.1) is 5.82 Å². The van der Waals surface area contributed by atoms with E-state index in [4.69, 9.17) is 11.6 Å². The molecule has 1 aliphatic heterocycles. The Balaban J connectivity index is 2.13. The van der Waals surface area contributed by atoms with Gasteiger partial charge in [-0.25, -0.2) is 4.39 Å². The first-order valence-corrected chi connectivity index (χ1v) is 7.88. The Morgan fingerprint density at radius 3 is 2.80 bits per heavy atom. The minimum absolute atomic E-state index is 0.158. The van der Waals surface area contributed by atoms with Gasteiger partial charge < -0.3 is 5.32 Å². The van der Waals surface area contributed by atoms with E-state index in [-0.39, 0.29) is 16.4 Å². The summed E-state index contributed by atoms with van der Waals surface area (Å²) >= 11 is 5.87. The summed E-state index contributed by atoms with van der Waals surface area (Å²) < 4.78 is 14.0. The molecule has 112 valence electrons. The van der Waals surface area contributed by atoms with Crippen LogP contribution < -0.4 is 5.32 Å². The highest BCUT2D eigenvalue weighted by Gasteiger charge is 2.30. The first-order chi connectivity index (χ1) is 9.60. The van der Waals surface area contributed by atoms with Crippen molar-refractivity contribution in [3.63, 3.8) is 0 Å². The number of rotatable bonds is 4. The number of benzene rings is 1. The van der Waals surface area contributed by atoms with Crippen molar-refractivity contribution in [2.45, 2.75) is 45.2 Å². The zero-order valence-electron chi connectivity index (χ0n) is 12.4. The Morgan fingerprint density at radius 2 is 2.10 bits per heavy atom. The van der Waals surface area contributed by atoms with E-state index < -0.39 is 0 Å². The van der Waals surface area contributed by atoms with Gasteiger partial charge in [0.05, 0.1) is 5.02 Å². The van der Waals surface area contributed by atoms with Gasteiger partial charge >= 0.3 is 0 Å². The van der Waals surface area contributed by atoms with Gasteiger partial charge in [-0.2, -0.15) is 0 Å². The van der Waals surface area contributed by atoms with E-state index in [1.165, 1.54) is 0 Å². The molecule has 4 heteroatoms. The van der Waals surface area contributed by atoms with Crippen molar-refractivity contribution in [1.29, 1.82) is 0 Å². The summed E-state index contributed by atoms with van der Waals surface area (Å²) in [5, 5.41) is 3.89. The standard InChI is InChI=1S/C16H24ClFN2/c1-3-16(4-2)12-20(10-6-9-19-16)11-13-7-5-8-14(17)15(13)18/h5,7-8,19H,3-4,6,9-12H2,1-2H3. The third kappa shape index (κ3) is 3.51. The van der Waals surface area contributed by atoms with E-state index in [1.807, 2.05) is 12.1 Å². The molecule has 0 aromatic heterocycles. The van der Waals surface area contributed by atoms with Gasteiger partial charge in [0.15, 0.2) is 0 Å². The van der Waals surface area contributed by atoms with Crippen molar-refractivity contribution in [2.75, 3.05) is 19.6 Å². The summed E-state index contributed by atoms with van der Waals surface area (Å²) in [5.74, 6) is -0.273. The van der Waals surface area contributed by atoms with Crippen LogP contribution in [-0.4, -0.2) is 30.1 Å². The van der Waals surface area contributed by atoms with E-state index in [0.717, 1.165) is 38.9 Å². The molecule has 0 amide bonds. The lowest BCUT2D eigenvalue weighted by atomic mass is 9.92. The third-order valence-corrected chi connectivity index (χ3v) is 4.75. The lowest BCUT2D eigenvalue weighted by Gasteiger charge is -2.35. The maximum atomic E-state index is 14.0. The second-order valence-corrected chi connectivity index (χ2v) is 6.10. The molecule has 2 nitrogen and oxygen atoms in total. The van der Waals surface area contributed by atoms with Gasteiger partial charge in [-0.05, 0) is 38.4 Å². The molecule has 2 rings (SSSR count). The molecule has 0 radical (unpaired) electrons. The van der Waals surface area contributed by atoms with Crippen molar-refractivity contribution in [2.24, 2.45) is 0 Å². The highest BCUT2D eigenvalue weighted by molar-refractivity contribution is 6.30. The van der Waals surface area contributed by atoms with Crippen LogP contribution in [0.15, 0.2) is 18.2 Å². The predicted octanol–water partition coefficient (Wildman–Crippen LogP) is 3.83. The van der Waals surface area contributed by atoms with Gasteiger partial charge in [0, 0.05) is 24.2 Å². The normalized spacial score (nSPS) is 19.8. The minimum atomic E-state index is -0.273. The highest BCUT2D eigenvalue weighted by atomic mass is 35.5. The monoisotopic (exact) mass is 298 g/mol. The molecule has 0 atom stereocenters. The highest BCUT2D eigenvalue weighted by Crippen LogP contribution is 2.23. The zero-order chi connectivity index (χ0) is 14.6. The first-order valence-electron chi connectivity index (χ1n) is 7.50. The molecular formula is C16H24ClFN2. The molecule has 0 bridgehead atoms. The average Bonchev–Trinajstić information content (AvgIpc) is 2.67. The SMILES string of the molecule is CCC1(CC)CN(Cc2cccc(Cl)c2F)CCCN1. The summed E-state index contributed by atoms with van der Waals surface area (Å²) in [6.45, 7) is 8.08. The van der Waals surface area contributed by atoms with Gasteiger partial charge in [0.1, 0.15) is 5.82 Å². The molecule has 0 saturated carbocycles. The molecule has 1 N–H and O–H groups in total. The first kappa shape index (κ1) is 15.7. The van der Waals surface area contributed by atoms with Crippen molar-refractivity contribution in [1.82, 2.24) is 10.2 Å². The van der Waals surface area contributed by atoms with Gasteiger partial charge in [-0.1, -0.05) is 37.6 Å². The number of nitrogens with one attached hydrogen (secondary N) is 1. The molecule has 1 saturated heterocycles. The topological polar surface area (TPSA) is 15.3 Å². The van der Waals surface area contributed by atoms with Crippen molar-refractivity contribution >= 4 is 11.6 Å². The Morgan fingerprint density at radius 1 is 1.35 bits per heavy atom. The maximum absolute atomic E-state index is 14.0. The fourth-order valence-corrected chi connectivity index (χ4v) is 3.18. The number of hydrogen-bond acceptors (Lipinski definition) is 2. The second-order valence-electron chi connectivity index (χ2n) is 5.69. The molecule has 1 heterocycles. The van der Waals surface area contributed by atoms with Crippen LogP contribution >= 0.6 is 11.6 Å². The minimum Gasteiger partial charge on any atom is -0.310 e. The van der Waals surface area contributed by atoms with Crippen LogP contribution in [0.1, 0.15) is 38.7 Å². The lowest BCUT2D eigenvalue weighted by Crippen LogP contribution is -2.50. The Bertz CT molecular complexity index is 446. The molecule has 1 aliphatic rings. The molecule has 1 fully saturated rings. The molecule has 20 heavy (non-hydrogen) atoms. The van der Waals surface area contributed by atoms with E-state index in [9.17, 15) is 4.39 Å². The van der Waals surface area contributed by atoms with E-state index in [0.29, 0.717) is 12.1 Å². The number of nitrogens with zero attached hydrogens (tertiary/aromatic N) is 1. The summed E-state index contributed by atoms with van der Waals surface area (Å²) in [6.07, 6.45) is 3.29. The average molecular weight is 299 g/mol. The van der Waals surface area contributed by atoms with Crippen LogP contribution in [-0.2, 0) is 6.54 Å². The molecule has 0 unspecified atom stereocenters. The smallest absolute Gasteiger partial charge is 0.146 e. The largest absolute Gasteiger partial charge is 0.310 e. The Labute approximate surface area is 126 Å². The van der Waals surface area contributed by atoms with Gasteiger partial charge in [0.2, 0.25) is 0 Å².